The first-order chi connectivity index (χ1) is 8.99. The van der Waals surface area contributed by atoms with Crippen molar-refractivity contribution in [3.05, 3.63) is 28.8 Å². The number of nitrogens with zero attached hydrogens (tertiary/aromatic N) is 1. The molecule has 0 unspecified atom stereocenters. The van der Waals surface area contributed by atoms with E-state index in [1.54, 1.807) is 0 Å². The molecule has 0 saturated carbocycles. The van der Waals surface area contributed by atoms with E-state index < -0.39 is 0 Å². The number of nitrogens with two attached hydrogens (primary N) is 1. The Bertz CT molecular complexity index is 515. The molecule has 4 nitrogen and oxygen atoms in total. The molecule has 1 atom stereocenters. The summed E-state index contributed by atoms with van der Waals surface area (Å²) in [4.78, 5) is 14.2. The molecule has 3 N–H and O–H groups in total. The van der Waals surface area contributed by atoms with Crippen LogP contribution >= 0.6 is 11.6 Å². The standard InChI is InChI=1S/C14H18ClN3O/c1-9-4-5-10(7-11(9)15)18-6-2-3-12(18)13(19)8-14(16)17/h4-5,7,12H,2-3,6,8H2,1H3,(H3,16,17)/t12-/m0/s1. The summed E-state index contributed by atoms with van der Waals surface area (Å²) in [5.74, 6) is -0.0551. The van der Waals surface area contributed by atoms with Gasteiger partial charge >= 0.3 is 0 Å². The Morgan fingerprint density at radius 2 is 2.32 bits per heavy atom. The van der Waals surface area contributed by atoms with E-state index in [9.17, 15) is 4.79 Å². The van der Waals surface area contributed by atoms with Gasteiger partial charge in [-0.05, 0) is 37.5 Å². The largest absolute Gasteiger partial charge is 0.387 e. The molecule has 0 aromatic heterocycles. The molecule has 0 radical (unpaired) electrons. The van der Waals surface area contributed by atoms with Crippen molar-refractivity contribution in [3.8, 4) is 0 Å². The first kappa shape index (κ1) is 13.9. The molecule has 1 aromatic carbocycles. The number of hydrogen-bond acceptors (Lipinski definition) is 3. The molecular formula is C14H18ClN3O. The van der Waals surface area contributed by atoms with Crippen molar-refractivity contribution in [3.63, 3.8) is 0 Å². The Labute approximate surface area is 118 Å². The maximum absolute atomic E-state index is 12.1. The van der Waals surface area contributed by atoms with Crippen LogP contribution in [-0.2, 0) is 4.79 Å². The first-order valence-corrected chi connectivity index (χ1v) is 6.75. The molecule has 2 rings (SSSR count). The van der Waals surface area contributed by atoms with E-state index in [-0.39, 0.29) is 24.1 Å². The second-order valence-corrected chi connectivity index (χ2v) is 5.36. The summed E-state index contributed by atoms with van der Waals surface area (Å²) in [7, 11) is 0. The van der Waals surface area contributed by atoms with Crippen molar-refractivity contribution in [2.24, 2.45) is 5.73 Å². The predicted molar refractivity (Wildman–Crippen MR) is 78.1 cm³/mol. The summed E-state index contributed by atoms with van der Waals surface area (Å²) in [6, 6.07) is 5.67. The molecule has 19 heavy (non-hydrogen) atoms. The maximum Gasteiger partial charge on any atom is 0.162 e. The van der Waals surface area contributed by atoms with Crippen molar-refractivity contribution < 1.29 is 4.79 Å². The molecule has 1 aliphatic heterocycles. The van der Waals surface area contributed by atoms with E-state index in [0.29, 0.717) is 5.02 Å². The molecule has 1 aromatic rings. The van der Waals surface area contributed by atoms with Gasteiger partial charge in [0.25, 0.3) is 0 Å². The lowest BCUT2D eigenvalue weighted by atomic mass is 10.1. The van der Waals surface area contributed by atoms with Crippen molar-refractivity contribution in [1.29, 1.82) is 5.41 Å². The first-order valence-electron chi connectivity index (χ1n) is 6.37. The van der Waals surface area contributed by atoms with Crippen LogP contribution < -0.4 is 10.6 Å². The molecule has 1 aliphatic rings. The van der Waals surface area contributed by atoms with Gasteiger partial charge < -0.3 is 10.6 Å². The molecule has 0 spiro atoms. The Kier molecular flexibility index (Phi) is 4.10. The Balaban J connectivity index is 2.20. The smallest absolute Gasteiger partial charge is 0.162 e. The van der Waals surface area contributed by atoms with Crippen LogP contribution in [0.2, 0.25) is 5.02 Å². The van der Waals surface area contributed by atoms with Gasteiger partial charge in [-0.1, -0.05) is 17.7 Å². The minimum atomic E-state index is -0.178. The Morgan fingerprint density at radius 3 is 2.95 bits per heavy atom. The van der Waals surface area contributed by atoms with Gasteiger partial charge in [-0.3, -0.25) is 10.2 Å². The number of nitrogens with one attached hydrogen (secondary N) is 1. The molecule has 1 saturated heterocycles. The lowest BCUT2D eigenvalue weighted by Crippen LogP contribution is -2.37. The number of aryl methyl sites for hydroxylation is 1. The Morgan fingerprint density at radius 1 is 1.58 bits per heavy atom. The summed E-state index contributed by atoms with van der Waals surface area (Å²) < 4.78 is 0. The minimum absolute atomic E-state index is 0.0155. The third-order valence-corrected chi connectivity index (χ3v) is 3.88. The van der Waals surface area contributed by atoms with Gasteiger partial charge in [0.05, 0.1) is 18.3 Å². The van der Waals surface area contributed by atoms with Crippen LogP contribution in [0.4, 0.5) is 5.69 Å². The van der Waals surface area contributed by atoms with Crippen molar-refractivity contribution in [2.75, 3.05) is 11.4 Å². The van der Waals surface area contributed by atoms with E-state index >= 15 is 0 Å². The molecule has 0 aliphatic carbocycles. The minimum Gasteiger partial charge on any atom is -0.387 e. The quantitative estimate of drug-likeness (QED) is 0.657. The van der Waals surface area contributed by atoms with Gasteiger partial charge in [0.15, 0.2) is 5.78 Å². The molecule has 0 bridgehead atoms. The van der Waals surface area contributed by atoms with Crippen molar-refractivity contribution >= 4 is 28.9 Å². The predicted octanol–water partition coefficient (Wildman–Crippen LogP) is 2.51. The number of halogens is 1. The van der Waals surface area contributed by atoms with Crippen molar-refractivity contribution in [1.82, 2.24) is 0 Å². The maximum atomic E-state index is 12.1. The highest BCUT2D eigenvalue weighted by molar-refractivity contribution is 6.31. The highest BCUT2D eigenvalue weighted by atomic mass is 35.5. The number of ketones is 1. The molecule has 5 heteroatoms. The van der Waals surface area contributed by atoms with Gasteiger partial charge in [-0.25, -0.2) is 0 Å². The fourth-order valence-corrected chi connectivity index (χ4v) is 2.65. The van der Waals surface area contributed by atoms with Gasteiger partial charge in [-0.2, -0.15) is 0 Å². The van der Waals surface area contributed by atoms with E-state index in [0.717, 1.165) is 30.6 Å². The molecule has 102 valence electrons. The zero-order chi connectivity index (χ0) is 14.0. The highest BCUT2D eigenvalue weighted by Gasteiger charge is 2.30. The number of amidine groups is 1. The Hall–Kier alpha value is -1.55. The lowest BCUT2D eigenvalue weighted by Gasteiger charge is -2.26. The fraction of sp³-hybridized carbons (Fsp3) is 0.429. The second-order valence-electron chi connectivity index (χ2n) is 4.95. The van der Waals surface area contributed by atoms with Crippen LogP contribution in [0.15, 0.2) is 18.2 Å². The average Bonchev–Trinajstić information content (AvgIpc) is 2.81. The summed E-state index contributed by atoms with van der Waals surface area (Å²) in [5.41, 5.74) is 7.30. The second kappa shape index (κ2) is 5.61. The van der Waals surface area contributed by atoms with E-state index in [1.165, 1.54) is 0 Å². The van der Waals surface area contributed by atoms with Gasteiger partial charge in [0, 0.05) is 17.3 Å². The zero-order valence-corrected chi connectivity index (χ0v) is 11.7. The number of carbonyl (C=O) groups excluding carboxylic acids is 1. The third-order valence-electron chi connectivity index (χ3n) is 3.48. The van der Waals surface area contributed by atoms with Crippen LogP contribution in [-0.4, -0.2) is 24.2 Å². The number of anilines is 1. The molecular weight excluding hydrogens is 262 g/mol. The van der Waals surface area contributed by atoms with E-state index in [4.69, 9.17) is 22.7 Å². The molecule has 1 heterocycles. The number of hydrogen-bond donors (Lipinski definition) is 2. The zero-order valence-electron chi connectivity index (χ0n) is 10.9. The molecule has 1 fully saturated rings. The normalized spacial score (nSPS) is 18.6. The monoisotopic (exact) mass is 279 g/mol. The summed E-state index contributed by atoms with van der Waals surface area (Å²) >= 11 is 6.14. The number of carbonyl (C=O) groups is 1. The van der Waals surface area contributed by atoms with Gasteiger partial charge in [-0.15, -0.1) is 0 Å². The number of Topliss-reactive ketones (excluding diaryl/α,β-unsaturated/α-hetero) is 1. The van der Waals surface area contributed by atoms with Gasteiger partial charge in [0.1, 0.15) is 0 Å². The summed E-state index contributed by atoms with van der Waals surface area (Å²) in [5, 5.41) is 7.95. The van der Waals surface area contributed by atoms with Crippen molar-refractivity contribution in [2.45, 2.75) is 32.2 Å². The van der Waals surface area contributed by atoms with Crippen LogP contribution in [0.25, 0.3) is 0 Å². The SMILES string of the molecule is Cc1ccc(N2CCC[C@H]2C(=O)CC(=N)N)cc1Cl. The van der Waals surface area contributed by atoms with Gasteiger partial charge in [0.2, 0.25) is 0 Å². The van der Waals surface area contributed by atoms with Crippen LogP contribution in [0.1, 0.15) is 24.8 Å². The highest BCUT2D eigenvalue weighted by Crippen LogP contribution is 2.29. The molecule has 0 amide bonds. The third kappa shape index (κ3) is 3.07. The van der Waals surface area contributed by atoms with Crippen LogP contribution in [0.3, 0.4) is 0 Å². The summed E-state index contributed by atoms with van der Waals surface area (Å²) in [6.45, 7) is 2.79. The number of rotatable bonds is 4. The average molecular weight is 280 g/mol. The fourth-order valence-electron chi connectivity index (χ4n) is 2.48. The van der Waals surface area contributed by atoms with Crippen LogP contribution in [0, 0.1) is 12.3 Å². The number of benzene rings is 1. The summed E-state index contributed by atoms with van der Waals surface area (Å²) in [6.07, 6.45) is 1.82. The van der Waals surface area contributed by atoms with E-state index in [2.05, 4.69) is 4.90 Å². The lowest BCUT2D eigenvalue weighted by molar-refractivity contribution is -0.119. The topological polar surface area (TPSA) is 70.2 Å². The van der Waals surface area contributed by atoms with Crippen LogP contribution in [0.5, 0.6) is 0 Å². The van der Waals surface area contributed by atoms with E-state index in [1.807, 2.05) is 25.1 Å².